The molecule has 4 aliphatic heterocycles. The van der Waals surface area contributed by atoms with Crippen molar-refractivity contribution in [2.24, 2.45) is 5.92 Å². The number of aromatic amines is 1. The van der Waals surface area contributed by atoms with E-state index in [9.17, 15) is 9.59 Å². The van der Waals surface area contributed by atoms with Gasteiger partial charge in [0.05, 0.1) is 22.8 Å². The van der Waals surface area contributed by atoms with Gasteiger partial charge in [-0.1, -0.05) is 41.9 Å². The molecule has 0 saturated carbocycles. The van der Waals surface area contributed by atoms with Gasteiger partial charge in [0, 0.05) is 113 Å². The number of H-pyrrole nitrogens is 1. The van der Waals surface area contributed by atoms with Crippen LogP contribution in [0.15, 0.2) is 60.9 Å². The molecule has 4 aromatic rings. The number of piperidine rings is 2. The van der Waals surface area contributed by atoms with Crippen molar-refractivity contribution in [1.29, 1.82) is 0 Å². The first-order chi connectivity index (χ1) is 24.9. The molecule has 268 valence electrons. The molecule has 0 aliphatic carbocycles. The molecule has 8 rings (SSSR count). The van der Waals surface area contributed by atoms with Crippen molar-refractivity contribution < 1.29 is 9.59 Å². The number of piperazine rings is 1. The summed E-state index contributed by atoms with van der Waals surface area (Å²) in [6, 6.07) is 16.9. The Kier molecular flexibility index (Phi) is 10.2. The lowest BCUT2D eigenvalue weighted by Crippen LogP contribution is -2.50. The van der Waals surface area contributed by atoms with Gasteiger partial charge in [0.1, 0.15) is 0 Å². The number of nitrogens with one attached hydrogen (secondary N) is 3. The number of amides is 2. The van der Waals surface area contributed by atoms with E-state index in [1.807, 2.05) is 18.3 Å². The number of hydrogen-bond donors (Lipinski definition) is 3. The number of aromatic nitrogens is 3. The van der Waals surface area contributed by atoms with E-state index in [1.54, 1.807) is 6.20 Å². The molecule has 0 spiro atoms. The summed E-state index contributed by atoms with van der Waals surface area (Å²) >= 11 is 6.56. The van der Waals surface area contributed by atoms with Crippen LogP contribution in [-0.2, 0) is 9.59 Å². The van der Waals surface area contributed by atoms with Crippen LogP contribution >= 0.6 is 11.6 Å². The Hall–Kier alpha value is -4.03. The van der Waals surface area contributed by atoms with E-state index in [0.717, 1.165) is 106 Å². The average Bonchev–Trinajstić information content (AvgIpc) is 3.80. The maximum absolute atomic E-state index is 12.3. The molecule has 4 saturated heterocycles. The minimum Gasteiger partial charge on any atom is -0.372 e. The molecule has 0 bridgehead atoms. The molecule has 0 radical (unpaired) electrons. The standard InChI is InChI=1S/C39H48ClN9O2/c40-34-24-42-39(45-37(34)33-23-41-35-4-2-1-3-32(33)35)43-29-13-14-47(26-29)20-17-46-18-21-48(22-19-46)25-27-11-15-49(16-12-27)30-7-5-28(6-8-30)31-9-10-36(50)44-38(31)51/h1-8,23-24,27,29,31,41H,9-22,25-26H2,(H,42,43,45)(H,44,50,51). The van der Waals surface area contributed by atoms with Crippen molar-refractivity contribution in [3.8, 4) is 11.3 Å². The number of halogens is 1. The number of likely N-dealkylation sites (tertiary alicyclic amines) is 1. The predicted molar refractivity (Wildman–Crippen MR) is 202 cm³/mol. The lowest BCUT2D eigenvalue weighted by Gasteiger charge is -2.39. The van der Waals surface area contributed by atoms with Gasteiger partial charge in [-0.3, -0.25) is 24.7 Å². The lowest BCUT2D eigenvalue weighted by atomic mass is 9.90. The first-order valence-corrected chi connectivity index (χ1v) is 19.0. The smallest absolute Gasteiger partial charge is 0.234 e. The van der Waals surface area contributed by atoms with E-state index in [2.05, 4.69) is 76.6 Å². The maximum atomic E-state index is 12.3. The Morgan fingerprint density at radius 1 is 0.843 bits per heavy atom. The van der Waals surface area contributed by atoms with Gasteiger partial charge in [0.25, 0.3) is 0 Å². The molecular weight excluding hydrogens is 662 g/mol. The van der Waals surface area contributed by atoms with Crippen molar-refractivity contribution in [2.45, 2.75) is 44.1 Å². The summed E-state index contributed by atoms with van der Waals surface area (Å²) in [5.41, 5.74) is 5.04. The van der Waals surface area contributed by atoms with Gasteiger partial charge in [0.15, 0.2) is 0 Å². The highest BCUT2D eigenvalue weighted by Gasteiger charge is 2.29. The van der Waals surface area contributed by atoms with Crippen molar-refractivity contribution in [3.05, 3.63) is 71.5 Å². The highest BCUT2D eigenvalue weighted by atomic mass is 35.5. The van der Waals surface area contributed by atoms with E-state index < -0.39 is 0 Å². The fourth-order valence-corrected chi connectivity index (χ4v) is 8.57. The number of hydrogen-bond acceptors (Lipinski definition) is 9. The minimum atomic E-state index is -0.221. The maximum Gasteiger partial charge on any atom is 0.234 e. The highest BCUT2D eigenvalue weighted by molar-refractivity contribution is 6.33. The highest BCUT2D eigenvalue weighted by Crippen LogP contribution is 2.33. The molecule has 12 heteroatoms. The molecule has 2 aromatic heterocycles. The number of benzene rings is 2. The summed E-state index contributed by atoms with van der Waals surface area (Å²) < 4.78 is 0. The summed E-state index contributed by atoms with van der Waals surface area (Å²) in [7, 11) is 0. The van der Waals surface area contributed by atoms with Gasteiger partial charge < -0.3 is 20.1 Å². The lowest BCUT2D eigenvalue weighted by molar-refractivity contribution is -0.134. The Morgan fingerprint density at radius 2 is 1.61 bits per heavy atom. The topological polar surface area (TPSA) is 113 Å². The fourth-order valence-electron chi connectivity index (χ4n) is 8.38. The second-order valence-corrected chi connectivity index (χ2v) is 15.1. The van der Waals surface area contributed by atoms with E-state index in [0.29, 0.717) is 29.9 Å². The van der Waals surface area contributed by atoms with E-state index >= 15 is 0 Å². The molecule has 4 fully saturated rings. The van der Waals surface area contributed by atoms with Gasteiger partial charge in [-0.2, -0.15) is 0 Å². The molecule has 6 heterocycles. The first kappa shape index (κ1) is 34.1. The third kappa shape index (κ3) is 7.91. The number of para-hydroxylation sites is 1. The van der Waals surface area contributed by atoms with Crippen LogP contribution < -0.4 is 15.5 Å². The Bertz CT molecular complexity index is 1830. The van der Waals surface area contributed by atoms with Crippen molar-refractivity contribution in [1.82, 2.24) is 35.0 Å². The van der Waals surface area contributed by atoms with Gasteiger partial charge in [-0.25, -0.2) is 9.97 Å². The van der Waals surface area contributed by atoms with Crippen LogP contribution in [0.25, 0.3) is 22.2 Å². The molecule has 4 aliphatic rings. The Labute approximate surface area is 304 Å². The van der Waals surface area contributed by atoms with Gasteiger partial charge in [-0.15, -0.1) is 0 Å². The van der Waals surface area contributed by atoms with Crippen molar-refractivity contribution in [2.75, 3.05) is 82.2 Å². The Morgan fingerprint density at radius 3 is 2.41 bits per heavy atom. The average molecular weight is 710 g/mol. The van der Waals surface area contributed by atoms with E-state index in [1.165, 1.54) is 25.1 Å². The second-order valence-electron chi connectivity index (χ2n) is 14.7. The van der Waals surface area contributed by atoms with Gasteiger partial charge in [0.2, 0.25) is 17.8 Å². The molecule has 2 aromatic carbocycles. The number of anilines is 2. The Balaban J connectivity index is 0.736. The minimum absolute atomic E-state index is 0.165. The molecule has 51 heavy (non-hydrogen) atoms. The SMILES string of the molecule is O=C1CCC(c2ccc(N3CCC(CN4CCN(CCN5CCC(Nc6ncc(Cl)c(-c7c[nH]c8ccccc78)n6)C5)CC4)CC3)cc2)C(=O)N1. The molecule has 11 nitrogen and oxygen atoms in total. The summed E-state index contributed by atoms with van der Waals surface area (Å²) in [5, 5.41) is 7.71. The quantitative estimate of drug-likeness (QED) is 0.200. The number of fused-ring (bicyclic) bond motifs is 1. The van der Waals surface area contributed by atoms with Crippen LogP contribution in [0.1, 0.15) is 43.6 Å². The van der Waals surface area contributed by atoms with E-state index in [-0.39, 0.29) is 17.7 Å². The zero-order valence-electron chi connectivity index (χ0n) is 29.2. The van der Waals surface area contributed by atoms with Crippen LogP contribution in [0.2, 0.25) is 5.02 Å². The fraction of sp³-hybridized carbons (Fsp3) is 0.487. The first-order valence-electron chi connectivity index (χ1n) is 18.7. The molecule has 2 amide bonds. The summed E-state index contributed by atoms with van der Waals surface area (Å²) in [4.78, 5) is 46.8. The largest absolute Gasteiger partial charge is 0.372 e. The summed E-state index contributed by atoms with van der Waals surface area (Å²) in [6.07, 6.45) is 8.19. The second kappa shape index (κ2) is 15.3. The summed E-state index contributed by atoms with van der Waals surface area (Å²) in [5.74, 6) is 0.821. The monoisotopic (exact) mass is 709 g/mol. The van der Waals surface area contributed by atoms with E-state index in [4.69, 9.17) is 16.6 Å². The third-order valence-electron chi connectivity index (χ3n) is 11.4. The molecule has 2 atom stereocenters. The van der Waals surface area contributed by atoms with Gasteiger partial charge in [-0.05, 0) is 55.4 Å². The van der Waals surface area contributed by atoms with Crippen LogP contribution in [0.3, 0.4) is 0 Å². The third-order valence-corrected chi connectivity index (χ3v) is 11.7. The van der Waals surface area contributed by atoms with Gasteiger partial charge >= 0.3 is 0 Å². The number of rotatable bonds is 10. The van der Waals surface area contributed by atoms with Crippen LogP contribution in [0, 0.1) is 5.92 Å². The number of carbonyl (C=O) groups is 2. The predicted octanol–water partition coefficient (Wildman–Crippen LogP) is 4.82. The number of nitrogens with zero attached hydrogens (tertiary/aromatic N) is 6. The van der Waals surface area contributed by atoms with Crippen LogP contribution in [0.4, 0.5) is 11.6 Å². The molecular formula is C39H48ClN9O2. The normalized spacial score (nSPS) is 22.9. The zero-order chi connectivity index (χ0) is 34.7. The zero-order valence-corrected chi connectivity index (χ0v) is 30.0. The number of imide groups is 1. The molecule has 2 unspecified atom stereocenters. The van der Waals surface area contributed by atoms with Crippen LogP contribution in [-0.4, -0.2) is 120 Å². The van der Waals surface area contributed by atoms with Crippen molar-refractivity contribution >= 4 is 46.0 Å². The van der Waals surface area contributed by atoms with Crippen LogP contribution in [0.5, 0.6) is 0 Å². The summed E-state index contributed by atoms with van der Waals surface area (Å²) in [6.45, 7) is 12.2. The van der Waals surface area contributed by atoms with Crippen molar-refractivity contribution in [3.63, 3.8) is 0 Å². The number of carbonyl (C=O) groups excluding carboxylic acids is 2. The molecule has 3 N–H and O–H groups in total.